The zero-order chi connectivity index (χ0) is 15.7. The van der Waals surface area contributed by atoms with Gasteiger partial charge in [-0.1, -0.05) is 36.4 Å². The molecule has 0 fully saturated rings. The second-order valence-electron chi connectivity index (χ2n) is 5.62. The first-order chi connectivity index (χ1) is 11.1. The molecule has 0 amide bonds. The van der Waals surface area contributed by atoms with E-state index in [0.29, 0.717) is 17.0 Å². The molecule has 6 nitrogen and oxygen atoms in total. The van der Waals surface area contributed by atoms with E-state index in [1.165, 1.54) is 4.57 Å². The number of aryl methyl sites for hydroxylation is 1. The SMILES string of the molecule is Cn1c(=O)[nH]c(=O)c2nc3c(nc21)-c1cccc2cccc-3c12. The van der Waals surface area contributed by atoms with Gasteiger partial charge in [0.05, 0.1) is 11.4 Å². The Hall–Kier alpha value is -3.28. The number of fused-ring (bicyclic) bond motifs is 4. The van der Waals surface area contributed by atoms with E-state index in [9.17, 15) is 9.59 Å². The molecule has 0 atom stereocenters. The Morgan fingerprint density at radius 2 is 1.61 bits per heavy atom. The largest absolute Gasteiger partial charge is 0.329 e. The molecule has 5 rings (SSSR count). The minimum Gasteiger partial charge on any atom is -0.279 e. The highest BCUT2D eigenvalue weighted by Crippen LogP contribution is 2.45. The van der Waals surface area contributed by atoms with Crippen molar-refractivity contribution in [2.24, 2.45) is 7.05 Å². The zero-order valence-corrected chi connectivity index (χ0v) is 12.1. The van der Waals surface area contributed by atoms with Crippen molar-refractivity contribution < 1.29 is 0 Å². The van der Waals surface area contributed by atoms with Crippen LogP contribution in [0.25, 0.3) is 44.5 Å². The molecule has 2 aromatic carbocycles. The lowest BCUT2D eigenvalue weighted by molar-refractivity contribution is 0.825. The number of hydrogen-bond donors (Lipinski definition) is 1. The Bertz CT molecular complexity index is 1260. The molecule has 0 saturated heterocycles. The minimum absolute atomic E-state index is 0.177. The fourth-order valence-corrected chi connectivity index (χ4v) is 3.26. The van der Waals surface area contributed by atoms with Gasteiger partial charge in [0.25, 0.3) is 5.56 Å². The number of hydrogen-bond acceptors (Lipinski definition) is 4. The predicted molar refractivity (Wildman–Crippen MR) is 87.3 cm³/mol. The molecule has 0 spiro atoms. The van der Waals surface area contributed by atoms with E-state index in [2.05, 4.69) is 15.0 Å². The van der Waals surface area contributed by atoms with E-state index in [-0.39, 0.29) is 5.52 Å². The second kappa shape index (κ2) is 3.92. The molecule has 6 heteroatoms. The van der Waals surface area contributed by atoms with Crippen molar-refractivity contribution in [3.05, 3.63) is 57.2 Å². The summed E-state index contributed by atoms with van der Waals surface area (Å²) in [6.07, 6.45) is 0. The lowest BCUT2D eigenvalue weighted by Gasteiger charge is -2.05. The maximum atomic E-state index is 12.1. The van der Waals surface area contributed by atoms with Crippen LogP contribution in [0.4, 0.5) is 0 Å². The van der Waals surface area contributed by atoms with Gasteiger partial charge in [-0.2, -0.15) is 0 Å². The van der Waals surface area contributed by atoms with E-state index in [4.69, 9.17) is 0 Å². The molecule has 1 N–H and O–H groups in total. The highest BCUT2D eigenvalue weighted by molar-refractivity contribution is 6.13. The molecule has 1 aliphatic rings. The molecule has 4 aromatic rings. The highest BCUT2D eigenvalue weighted by atomic mass is 16.2. The topological polar surface area (TPSA) is 80.6 Å². The third kappa shape index (κ3) is 1.42. The number of aromatic amines is 1. The third-order valence-electron chi connectivity index (χ3n) is 4.35. The van der Waals surface area contributed by atoms with Crippen LogP contribution >= 0.6 is 0 Å². The van der Waals surface area contributed by atoms with Crippen LogP contribution in [-0.4, -0.2) is 19.5 Å². The molecule has 110 valence electrons. The summed E-state index contributed by atoms with van der Waals surface area (Å²) in [4.78, 5) is 35.3. The first-order valence-corrected chi connectivity index (χ1v) is 7.19. The molecule has 2 heterocycles. The molecule has 0 saturated carbocycles. The molecular weight excluding hydrogens is 292 g/mol. The van der Waals surface area contributed by atoms with E-state index in [1.807, 2.05) is 36.4 Å². The summed E-state index contributed by atoms with van der Waals surface area (Å²) in [5, 5.41) is 2.19. The summed E-state index contributed by atoms with van der Waals surface area (Å²) in [5.74, 6) is 0. The Morgan fingerprint density at radius 1 is 0.957 bits per heavy atom. The molecule has 0 aliphatic heterocycles. The van der Waals surface area contributed by atoms with Crippen LogP contribution in [0.5, 0.6) is 0 Å². The van der Waals surface area contributed by atoms with Crippen molar-refractivity contribution in [1.82, 2.24) is 19.5 Å². The summed E-state index contributed by atoms with van der Waals surface area (Å²) < 4.78 is 1.31. The fourth-order valence-electron chi connectivity index (χ4n) is 3.26. The van der Waals surface area contributed by atoms with Gasteiger partial charge in [0, 0.05) is 23.6 Å². The van der Waals surface area contributed by atoms with Crippen LogP contribution in [0.1, 0.15) is 0 Å². The van der Waals surface area contributed by atoms with Crippen molar-refractivity contribution in [3.63, 3.8) is 0 Å². The average molecular weight is 302 g/mol. The van der Waals surface area contributed by atoms with Crippen molar-refractivity contribution in [1.29, 1.82) is 0 Å². The minimum atomic E-state index is -0.512. The number of aromatic nitrogens is 4. The molecule has 0 radical (unpaired) electrons. The number of rotatable bonds is 0. The number of H-pyrrole nitrogens is 1. The van der Waals surface area contributed by atoms with Gasteiger partial charge in [-0.25, -0.2) is 14.8 Å². The number of nitrogens with one attached hydrogen (secondary N) is 1. The summed E-state index contributed by atoms with van der Waals surface area (Å²) in [5.41, 5.74) is 2.81. The molecule has 0 unspecified atom stereocenters. The lowest BCUT2D eigenvalue weighted by Crippen LogP contribution is -2.29. The monoisotopic (exact) mass is 302 g/mol. The van der Waals surface area contributed by atoms with Gasteiger partial charge >= 0.3 is 5.69 Å². The van der Waals surface area contributed by atoms with Gasteiger partial charge in [0.2, 0.25) is 0 Å². The van der Waals surface area contributed by atoms with Crippen LogP contribution in [-0.2, 0) is 7.05 Å². The molecule has 2 aromatic heterocycles. The number of benzene rings is 2. The van der Waals surface area contributed by atoms with Gasteiger partial charge in [0.1, 0.15) is 0 Å². The van der Waals surface area contributed by atoms with Crippen LogP contribution in [0.2, 0.25) is 0 Å². The average Bonchev–Trinajstić information content (AvgIpc) is 2.88. The van der Waals surface area contributed by atoms with E-state index in [1.54, 1.807) is 7.05 Å². The van der Waals surface area contributed by atoms with Gasteiger partial charge in [-0.3, -0.25) is 14.3 Å². The summed E-state index contributed by atoms with van der Waals surface area (Å²) in [6.45, 7) is 0. The van der Waals surface area contributed by atoms with Crippen molar-refractivity contribution in [3.8, 4) is 22.5 Å². The second-order valence-corrected chi connectivity index (χ2v) is 5.62. The van der Waals surface area contributed by atoms with Crippen LogP contribution in [0.3, 0.4) is 0 Å². The van der Waals surface area contributed by atoms with Gasteiger partial charge in [-0.05, 0) is 5.39 Å². The standard InChI is InChI=1S/C17H10N4O2/c1-21-15-14(16(22)20-17(21)23)18-12-9-6-2-4-8-5-3-7-10(11(8)9)13(12)19-15/h2-7H,1H3,(H,20,22,23). The molecule has 23 heavy (non-hydrogen) atoms. The van der Waals surface area contributed by atoms with Crippen LogP contribution in [0, 0.1) is 0 Å². The predicted octanol–water partition coefficient (Wildman–Crippen LogP) is 1.82. The van der Waals surface area contributed by atoms with Crippen molar-refractivity contribution in [2.75, 3.05) is 0 Å². The highest BCUT2D eigenvalue weighted by Gasteiger charge is 2.25. The van der Waals surface area contributed by atoms with Gasteiger partial charge in [0.15, 0.2) is 11.2 Å². The lowest BCUT2D eigenvalue weighted by atomic mass is 10.0. The Balaban J connectivity index is 2.05. The van der Waals surface area contributed by atoms with Gasteiger partial charge in [-0.15, -0.1) is 0 Å². The normalized spacial score (nSPS) is 12.0. The fraction of sp³-hybridized carbons (Fsp3) is 0.0588. The van der Waals surface area contributed by atoms with Crippen LogP contribution in [0.15, 0.2) is 46.0 Å². The third-order valence-corrected chi connectivity index (χ3v) is 4.35. The Labute approximate surface area is 129 Å². The molecular formula is C17H10N4O2. The zero-order valence-electron chi connectivity index (χ0n) is 12.1. The Kier molecular flexibility index (Phi) is 2.09. The maximum absolute atomic E-state index is 12.1. The summed E-state index contributed by atoms with van der Waals surface area (Å²) in [7, 11) is 1.57. The maximum Gasteiger partial charge on any atom is 0.329 e. The number of nitrogens with zero attached hydrogens (tertiary/aromatic N) is 3. The van der Waals surface area contributed by atoms with Crippen LogP contribution < -0.4 is 11.2 Å². The first-order valence-electron chi connectivity index (χ1n) is 7.19. The van der Waals surface area contributed by atoms with Crippen molar-refractivity contribution in [2.45, 2.75) is 0 Å². The summed E-state index contributed by atoms with van der Waals surface area (Å²) in [6, 6.07) is 12.0. The summed E-state index contributed by atoms with van der Waals surface area (Å²) >= 11 is 0. The van der Waals surface area contributed by atoms with Gasteiger partial charge < -0.3 is 0 Å². The van der Waals surface area contributed by atoms with E-state index in [0.717, 1.165) is 21.9 Å². The van der Waals surface area contributed by atoms with E-state index >= 15 is 0 Å². The molecule has 1 aliphatic carbocycles. The first kappa shape index (κ1) is 12.3. The molecule has 0 bridgehead atoms. The van der Waals surface area contributed by atoms with E-state index < -0.39 is 11.2 Å². The Morgan fingerprint density at radius 3 is 2.30 bits per heavy atom. The quantitative estimate of drug-likeness (QED) is 0.473. The smallest absolute Gasteiger partial charge is 0.279 e. The van der Waals surface area contributed by atoms with Crippen molar-refractivity contribution >= 4 is 21.9 Å².